The quantitative estimate of drug-likeness (QED) is 0.714. The third-order valence-corrected chi connectivity index (χ3v) is 4.98. The van der Waals surface area contributed by atoms with Crippen molar-refractivity contribution in [2.45, 2.75) is 25.9 Å². The maximum Gasteiger partial charge on any atom is 0.241 e. The number of nitrogens with zero attached hydrogens (tertiary/aromatic N) is 2. The lowest BCUT2D eigenvalue weighted by molar-refractivity contribution is -0.117. The molecule has 130 valence electrons. The van der Waals surface area contributed by atoms with E-state index in [2.05, 4.69) is 40.3 Å². The standard InChI is InChI=1S/C21H20N4O/c1-2-25-19-6-4-3-5-16(19)17-12-15(7-8-20(17)25)24-21(26)18-11-14(9-10-22)13-23-18/h3-9,12,18,23H,2,11,13H2,1H3,(H,24,26)/t18-/m0/s1. The molecule has 1 aromatic heterocycles. The molecule has 0 saturated carbocycles. The van der Waals surface area contributed by atoms with Crippen LogP contribution in [0.3, 0.4) is 0 Å². The van der Waals surface area contributed by atoms with E-state index in [1.807, 2.05) is 30.3 Å². The van der Waals surface area contributed by atoms with E-state index in [1.165, 1.54) is 22.5 Å². The van der Waals surface area contributed by atoms with Gasteiger partial charge in [0.2, 0.25) is 5.91 Å². The monoisotopic (exact) mass is 344 g/mol. The van der Waals surface area contributed by atoms with Gasteiger partial charge in [-0.3, -0.25) is 4.79 Å². The number of benzene rings is 2. The van der Waals surface area contributed by atoms with Gasteiger partial charge in [-0.05, 0) is 43.2 Å². The molecule has 0 unspecified atom stereocenters. The second kappa shape index (κ2) is 6.66. The molecule has 1 atom stereocenters. The average molecular weight is 344 g/mol. The molecule has 2 heterocycles. The van der Waals surface area contributed by atoms with E-state index in [4.69, 9.17) is 5.26 Å². The predicted molar refractivity (Wildman–Crippen MR) is 104 cm³/mol. The minimum Gasteiger partial charge on any atom is -0.341 e. The molecule has 26 heavy (non-hydrogen) atoms. The molecular formula is C21H20N4O. The SMILES string of the molecule is CCn1c2ccccc2c2cc(NC(=O)[C@@H]3CC(=CC#N)CN3)ccc21. The van der Waals surface area contributed by atoms with Crippen LogP contribution in [-0.2, 0) is 11.3 Å². The van der Waals surface area contributed by atoms with Gasteiger partial charge >= 0.3 is 0 Å². The first-order valence-electron chi connectivity index (χ1n) is 8.84. The lowest BCUT2D eigenvalue weighted by Gasteiger charge is -2.11. The molecule has 1 fully saturated rings. The molecule has 0 spiro atoms. The summed E-state index contributed by atoms with van der Waals surface area (Å²) in [6, 6.07) is 16.1. The molecule has 5 nitrogen and oxygen atoms in total. The van der Waals surface area contributed by atoms with Gasteiger partial charge in [-0.25, -0.2) is 0 Å². The summed E-state index contributed by atoms with van der Waals surface area (Å²) in [5.41, 5.74) is 4.14. The first-order chi connectivity index (χ1) is 12.7. The van der Waals surface area contributed by atoms with Crippen LogP contribution in [0.25, 0.3) is 21.8 Å². The Morgan fingerprint density at radius 1 is 1.31 bits per heavy atom. The van der Waals surface area contributed by atoms with Gasteiger partial charge in [0.05, 0.1) is 12.1 Å². The lowest BCUT2D eigenvalue weighted by Crippen LogP contribution is -2.35. The Bertz CT molecular complexity index is 1070. The van der Waals surface area contributed by atoms with Crippen molar-refractivity contribution >= 4 is 33.4 Å². The highest BCUT2D eigenvalue weighted by Gasteiger charge is 2.25. The van der Waals surface area contributed by atoms with Crippen LogP contribution >= 0.6 is 0 Å². The van der Waals surface area contributed by atoms with Crippen LogP contribution in [0.4, 0.5) is 5.69 Å². The number of anilines is 1. The van der Waals surface area contributed by atoms with Crippen LogP contribution in [0.1, 0.15) is 13.3 Å². The van der Waals surface area contributed by atoms with Gasteiger partial charge in [0, 0.05) is 46.7 Å². The van der Waals surface area contributed by atoms with E-state index in [0.717, 1.165) is 23.2 Å². The Morgan fingerprint density at radius 2 is 2.12 bits per heavy atom. The van der Waals surface area contributed by atoms with E-state index in [0.29, 0.717) is 13.0 Å². The van der Waals surface area contributed by atoms with Crippen molar-refractivity contribution in [2.24, 2.45) is 0 Å². The third kappa shape index (κ3) is 2.75. The van der Waals surface area contributed by atoms with E-state index < -0.39 is 0 Å². The molecule has 2 aromatic carbocycles. The van der Waals surface area contributed by atoms with Crippen LogP contribution < -0.4 is 10.6 Å². The zero-order chi connectivity index (χ0) is 18.1. The molecule has 1 aliphatic heterocycles. The van der Waals surface area contributed by atoms with E-state index >= 15 is 0 Å². The number of carbonyl (C=O) groups excluding carboxylic acids is 1. The molecule has 2 N–H and O–H groups in total. The van der Waals surface area contributed by atoms with Crippen LogP contribution in [-0.4, -0.2) is 23.1 Å². The molecule has 0 aliphatic carbocycles. The van der Waals surface area contributed by atoms with Gasteiger partial charge in [-0.1, -0.05) is 18.2 Å². The predicted octanol–water partition coefficient (Wildman–Crippen LogP) is 3.56. The molecule has 5 heteroatoms. The van der Waals surface area contributed by atoms with E-state index in [1.54, 1.807) is 0 Å². The van der Waals surface area contributed by atoms with Crippen LogP contribution in [0.5, 0.6) is 0 Å². The van der Waals surface area contributed by atoms with E-state index in [9.17, 15) is 4.79 Å². The average Bonchev–Trinajstić information content (AvgIpc) is 3.24. The van der Waals surface area contributed by atoms with Crippen LogP contribution in [0, 0.1) is 11.3 Å². The Morgan fingerprint density at radius 3 is 2.92 bits per heavy atom. The highest BCUT2D eigenvalue weighted by Crippen LogP contribution is 2.31. The number of fused-ring (bicyclic) bond motifs is 3. The second-order valence-electron chi connectivity index (χ2n) is 6.55. The summed E-state index contributed by atoms with van der Waals surface area (Å²) in [6.07, 6.45) is 2.10. The molecule has 1 amide bonds. The maximum atomic E-state index is 12.5. The van der Waals surface area contributed by atoms with Crippen molar-refractivity contribution in [3.05, 3.63) is 54.1 Å². The zero-order valence-electron chi connectivity index (χ0n) is 14.6. The summed E-state index contributed by atoms with van der Waals surface area (Å²) < 4.78 is 2.29. The first-order valence-corrected chi connectivity index (χ1v) is 8.84. The molecule has 4 rings (SSSR count). The number of hydrogen-bond donors (Lipinski definition) is 2. The fourth-order valence-electron chi connectivity index (χ4n) is 3.75. The first kappa shape index (κ1) is 16.4. The molecule has 0 bridgehead atoms. The number of nitriles is 1. The smallest absolute Gasteiger partial charge is 0.241 e. The second-order valence-corrected chi connectivity index (χ2v) is 6.55. The highest BCUT2D eigenvalue weighted by molar-refractivity contribution is 6.10. The largest absolute Gasteiger partial charge is 0.341 e. The van der Waals surface area contributed by atoms with Crippen molar-refractivity contribution in [2.75, 3.05) is 11.9 Å². The topological polar surface area (TPSA) is 69.8 Å². The van der Waals surface area contributed by atoms with E-state index in [-0.39, 0.29) is 11.9 Å². The lowest BCUT2D eigenvalue weighted by atomic mass is 10.1. The number of aryl methyl sites for hydroxylation is 1. The summed E-state index contributed by atoms with van der Waals surface area (Å²) in [7, 11) is 0. The molecule has 0 radical (unpaired) electrons. The van der Waals surface area contributed by atoms with Crippen molar-refractivity contribution in [1.29, 1.82) is 5.26 Å². The number of allylic oxidation sites excluding steroid dienone is 1. The Labute approximate surface area is 151 Å². The minimum atomic E-state index is -0.290. The summed E-state index contributed by atoms with van der Waals surface area (Å²) in [5, 5.41) is 17.2. The number of hydrogen-bond acceptors (Lipinski definition) is 3. The number of aromatic nitrogens is 1. The fourth-order valence-corrected chi connectivity index (χ4v) is 3.75. The van der Waals surface area contributed by atoms with Crippen molar-refractivity contribution in [1.82, 2.24) is 9.88 Å². The highest BCUT2D eigenvalue weighted by atomic mass is 16.2. The third-order valence-electron chi connectivity index (χ3n) is 4.98. The fraction of sp³-hybridized carbons (Fsp3) is 0.238. The van der Waals surface area contributed by atoms with Crippen LogP contribution in [0.15, 0.2) is 54.1 Å². The van der Waals surface area contributed by atoms with Gasteiger partial charge in [-0.2, -0.15) is 5.26 Å². The van der Waals surface area contributed by atoms with Gasteiger partial charge in [0.25, 0.3) is 0 Å². The molecule has 1 aliphatic rings. The Kier molecular flexibility index (Phi) is 4.19. The molecular weight excluding hydrogens is 324 g/mol. The van der Waals surface area contributed by atoms with Crippen molar-refractivity contribution in [3.8, 4) is 6.07 Å². The van der Waals surface area contributed by atoms with Gasteiger partial charge in [-0.15, -0.1) is 0 Å². The Hall–Kier alpha value is -3.10. The van der Waals surface area contributed by atoms with Crippen molar-refractivity contribution < 1.29 is 4.79 Å². The summed E-state index contributed by atoms with van der Waals surface area (Å²) >= 11 is 0. The van der Waals surface area contributed by atoms with Gasteiger partial charge < -0.3 is 15.2 Å². The van der Waals surface area contributed by atoms with Crippen molar-refractivity contribution in [3.63, 3.8) is 0 Å². The number of amides is 1. The summed E-state index contributed by atoms with van der Waals surface area (Å²) in [6.45, 7) is 3.63. The van der Waals surface area contributed by atoms with Crippen LogP contribution in [0.2, 0.25) is 0 Å². The summed E-state index contributed by atoms with van der Waals surface area (Å²) in [4.78, 5) is 12.5. The van der Waals surface area contributed by atoms with Gasteiger partial charge in [0.1, 0.15) is 0 Å². The number of para-hydroxylation sites is 1. The normalized spacial score (nSPS) is 18.5. The summed E-state index contributed by atoms with van der Waals surface area (Å²) in [5.74, 6) is -0.0649. The number of carbonyl (C=O) groups is 1. The minimum absolute atomic E-state index is 0.0649. The van der Waals surface area contributed by atoms with Gasteiger partial charge in [0.15, 0.2) is 0 Å². The number of nitrogens with one attached hydrogen (secondary N) is 2. The maximum absolute atomic E-state index is 12.5. The molecule has 3 aromatic rings. The Balaban J connectivity index is 1.64. The number of rotatable bonds is 3. The zero-order valence-corrected chi connectivity index (χ0v) is 14.6. The molecule has 1 saturated heterocycles.